The molecule has 5 heteroatoms. The van der Waals surface area contributed by atoms with E-state index in [1.165, 1.54) is 0 Å². The van der Waals surface area contributed by atoms with Crippen molar-refractivity contribution in [3.8, 4) is 0 Å². The van der Waals surface area contributed by atoms with Gasteiger partial charge in [0.25, 0.3) is 0 Å². The van der Waals surface area contributed by atoms with Crippen LogP contribution in [0.5, 0.6) is 0 Å². The summed E-state index contributed by atoms with van der Waals surface area (Å²) < 4.78 is 2.14. The van der Waals surface area contributed by atoms with E-state index in [-0.39, 0.29) is 0 Å². The maximum absolute atomic E-state index is 5.53. The van der Waals surface area contributed by atoms with Crippen molar-refractivity contribution in [2.75, 3.05) is 6.54 Å². The van der Waals surface area contributed by atoms with Crippen LogP contribution in [0.15, 0.2) is 24.3 Å². The number of fused-ring (bicyclic) bond motifs is 3. The molecule has 0 saturated heterocycles. The molecule has 0 radical (unpaired) electrons. The van der Waals surface area contributed by atoms with Crippen LogP contribution in [0.2, 0.25) is 0 Å². The van der Waals surface area contributed by atoms with Crippen LogP contribution in [0.25, 0.3) is 16.7 Å². The number of rotatable bonds is 5. The summed E-state index contributed by atoms with van der Waals surface area (Å²) in [5, 5.41) is 8.64. The summed E-state index contributed by atoms with van der Waals surface area (Å²) in [5.74, 6) is 1.01. The van der Waals surface area contributed by atoms with Gasteiger partial charge < -0.3 is 5.73 Å². The van der Waals surface area contributed by atoms with Crippen LogP contribution in [0.3, 0.4) is 0 Å². The summed E-state index contributed by atoms with van der Waals surface area (Å²) >= 11 is 0. The Labute approximate surface area is 117 Å². The number of nitrogens with zero attached hydrogens (tertiary/aromatic N) is 4. The van der Waals surface area contributed by atoms with Gasteiger partial charge in [-0.25, -0.2) is 4.98 Å². The SMILES string of the molecule is Cc1nc2ccccc2n2c(CCCCCN)nnc12. The second kappa shape index (κ2) is 5.54. The summed E-state index contributed by atoms with van der Waals surface area (Å²) in [6.07, 6.45) is 4.22. The summed E-state index contributed by atoms with van der Waals surface area (Å²) in [5.41, 5.74) is 9.37. The van der Waals surface area contributed by atoms with Gasteiger partial charge in [0.1, 0.15) is 5.82 Å². The Morgan fingerprint density at radius 2 is 1.95 bits per heavy atom. The van der Waals surface area contributed by atoms with Gasteiger partial charge in [0.15, 0.2) is 5.65 Å². The molecule has 1 aromatic carbocycles. The molecule has 2 aromatic heterocycles. The number of hydrogen-bond acceptors (Lipinski definition) is 4. The van der Waals surface area contributed by atoms with Gasteiger partial charge in [0.2, 0.25) is 0 Å². The van der Waals surface area contributed by atoms with Gasteiger partial charge >= 0.3 is 0 Å². The van der Waals surface area contributed by atoms with Crippen LogP contribution >= 0.6 is 0 Å². The first-order valence-electron chi connectivity index (χ1n) is 7.10. The molecule has 2 N–H and O–H groups in total. The highest BCUT2D eigenvalue weighted by Gasteiger charge is 2.11. The van der Waals surface area contributed by atoms with E-state index < -0.39 is 0 Å². The fraction of sp³-hybridized carbons (Fsp3) is 0.400. The zero-order valence-corrected chi connectivity index (χ0v) is 11.7. The van der Waals surface area contributed by atoms with Crippen molar-refractivity contribution in [3.63, 3.8) is 0 Å². The number of benzene rings is 1. The Hall–Kier alpha value is -2.01. The Morgan fingerprint density at radius 3 is 2.80 bits per heavy atom. The zero-order valence-electron chi connectivity index (χ0n) is 11.7. The fourth-order valence-electron chi connectivity index (χ4n) is 2.55. The van der Waals surface area contributed by atoms with Gasteiger partial charge in [-0.3, -0.25) is 4.40 Å². The topological polar surface area (TPSA) is 69.1 Å². The van der Waals surface area contributed by atoms with Crippen LogP contribution in [0.1, 0.15) is 30.8 Å². The molecule has 3 aromatic rings. The van der Waals surface area contributed by atoms with Crippen LogP contribution in [0, 0.1) is 6.92 Å². The minimum atomic E-state index is 0.756. The molecule has 0 unspecified atom stereocenters. The van der Waals surface area contributed by atoms with E-state index in [2.05, 4.69) is 25.6 Å². The van der Waals surface area contributed by atoms with Crippen LogP contribution in [-0.4, -0.2) is 26.1 Å². The average molecular weight is 269 g/mol. The Morgan fingerprint density at radius 1 is 1.10 bits per heavy atom. The molecule has 0 fully saturated rings. The third-order valence-electron chi connectivity index (χ3n) is 3.57. The van der Waals surface area contributed by atoms with Gasteiger partial charge in [-0.2, -0.15) is 0 Å². The molecule has 0 aliphatic rings. The predicted molar refractivity (Wildman–Crippen MR) is 79.6 cm³/mol. The monoisotopic (exact) mass is 269 g/mol. The number of para-hydroxylation sites is 2. The van der Waals surface area contributed by atoms with Crippen molar-refractivity contribution >= 4 is 16.7 Å². The summed E-state index contributed by atoms with van der Waals surface area (Å²) in [6, 6.07) is 8.13. The van der Waals surface area contributed by atoms with Crippen molar-refractivity contribution in [2.24, 2.45) is 5.73 Å². The lowest BCUT2D eigenvalue weighted by atomic mass is 10.2. The molecule has 3 rings (SSSR count). The number of hydrogen-bond donors (Lipinski definition) is 1. The van der Waals surface area contributed by atoms with Crippen LogP contribution in [-0.2, 0) is 6.42 Å². The number of aryl methyl sites for hydroxylation is 2. The minimum absolute atomic E-state index is 0.756. The highest BCUT2D eigenvalue weighted by molar-refractivity contribution is 5.78. The summed E-state index contributed by atoms with van der Waals surface area (Å²) in [6.45, 7) is 2.74. The molecule has 0 saturated carbocycles. The molecule has 0 spiro atoms. The first-order valence-corrected chi connectivity index (χ1v) is 7.10. The number of unbranched alkanes of at least 4 members (excludes halogenated alkanes) is 2. The first kappa shape index (κ1) is 13.0. The molecule has 0 aliphatic carbocycles. The van der Waals surface area contributed by atoms with E-state index in [1.807, 2.05) is 25.1 Å². The second-order valence-corrected chi connectivity index (χ2v) is 5.06. The van der Waals surface area contributed by atoms with E-state index in [0.717, 1.165) is 60.4 Å². The quantitative estimate of drug-likeness (QED) is 0.721. The average Bonchev–Trinajstić information content (AvgIpc) is 2.89. The highest BCUT2D eigenvalue weighted by atomic mass is 15.3. The van der Waals surface area contributed by atoms with E-state index in [4.69, 9.17) is 5.73 Å². The molecular weight excluding hydrogens is 250 g/mol. The molecule has 20 heavy (non-hydrogen) atoms. The zero-order chi connectivity index (χ0) is 13.9. The van der Waals surface area contributed by atoms with Gasteiger partial charge in [0, 0.05) is 6.42 Å². The number of aromatic nitrogens is 4. The molecule has 0 aliphatic heterocycles. The van der Waals surface area contributed by atoms with E-state index >= 15 is 0 Å². The second-order valence-electron chi connectivity index (χ2n) is 5.06. The van der Waals surface area contributed by atoms with Crippen molar-refractivity contribution in [1.29, 1.82) is 0 Å². The molecule has 2 heterocycles. The highest BCUT2D eigenvalue weighted by Crippen LogP contribution is 2.18. The van der Waals surface area contributed by atoms with Crippen molar-refractivity contribution < 1.29 is 0 Å². The largest absolute Gasteiger partial charge is 0.330 e. The van der Waals surface area contributed by atoms with Crippen molar-refractivity contribution in [1.82, 2.24) is 19.6 Å². The normalized spacial score (nSPS) is 11.5. The summed E-state index contributed by atoms with van der Waals surface area (Å²) in [4.78, 5) is 4.59. The lowest BCUT2D eigenvalue weighted by Crippen LogP contribution is -2.01. The molecular formula is C15H19N5. The minimum Gasteiger partial charge on any atom is -0.330 e. The maximum atomic E-state index is 5.53. The van der Waals surface area contributed by atoms with E-state index in [1.54, 1.807) is 0 Å². The lowest BCUT2D eigenvalue weighted by Gasteiger charge is -2.06. The molecule has 0 atom stereocenters. The maximum Gasteiger partial charge on any atom is 0.182 e. The van der Waals surface area contributed by atoms with Crippen molar-refractivity contribution in [3.05, 3.63) is 35.8 Å². The van der Waals surface area contributed by atoms with Crippen LogP contribution < -0.4 is 5.73 Å². The first-order chi connectivity index (χ1) is 9.81. The predicted octanol–water partition coefficient (Wildman–Crippen LogP) is 2.26. The van der Waals surface area contributed by atoms with Gasteiger partial charge in [-0.1, -0.05) is 18.6 Å². The Kier molecular flexibility index (Phi) is 3.60. The van der Waals surface area contributed by atoms with Crippen molar-refractivity contribution in [2.45, 2.75) is 32.6 Å². The lowest BCUT2D eigenvalue weighted by molar-refractivity contribution is 0.667. The van der Waals surface area contributed by atoms with E-state index in [9.17, 15) is 0 Å². The molecule has 104 valence electrons. The standard InChI is InChI=1S/C15H19N5/c1-11-15-19-18-14(9-3-2-6-10-16)20(15)13-8-5-4-7-12(13)17-11/h4-5,7-8H,2-3,6,9-10,16H2,1H3. The van der Waals surface area contributed by atoms with Crippen LogP contribution in [0.4, 0.5) is 0 Å². The van der Waals surface area contributed by atoms with Gasteiger partial charge in [-0.05, 0) is 38.4 Å². The number of nitrogens with two attached hydrogens (primary N) is 1. The molecule has 0 amide bonds. The molecule has 5 nitrogen and oxygen atoms in total. The third-order valence-corrected chi connectivity index (χ3v) is 3.57. The molecule has 0 bridgehead atoms. The van der Waals surface area contributed by atoms with Gasteiger partial charge in [-0.15, -0.1) is 10.2 Å². The Bertz CT molecular complexity index is 732. The Balaban J connectivity index is 2.05. The third kappa shape index (κ3) is 2.25. The fourth-order valence-corrected chi connectivity index (χ4v) is 2.55. The summed E-state index contributed by atoms with van der Waals surface area (Å²) in [7, 11) is 0. The van der Waals surface area contributed by atoms with Gasteiger partial charge in [0.05, 0.1) is 16.7 Å². The smallest absolute Gasteiger partial charge is 0.182 e. The van der Waals surface area contributed by atoms with E-state index in [0.29, 0.717) is 0 Å².